The first-order valence-corrected chi connectivity index (χ1v) is 8.25. The van der Waals surface area contributed by atoms with Gasteiger partial charge in [-0.3, -0.25) is 4.79 Å². The number of hydrogen-bond acceptors (Lipinski definition) is 7. The maximum Gasteiger partial charge on any atom is 0.274 e. The molecule has 0 bridgehead atoms. The number of hydrogen-bond donors (Lipinski definition) is 2. The smallest absolute Gasteiger partial charge is 0.274 e. The van der Waals surface area contributed by atoms with Gasteiger partial charge in [-0.1, -0.05) is 0 Å². The minimum Gasteiger partial charge on any atom is -0.493 e. The number of rotatable bonds is 6. The van der Waals surface area contributed by atoms with Gasteiger partial charge in [0, 0.05) is 23.5 Å². The molecule has 0 aliphatic rings. The van der Waals surface area contributed by atoms with Crippen molar-refractivity contribution in [3.63, 3.8) is 0 Å². The SMILES string of the molecule is COc1ccc(NC(=O)c2cc(Nc3ccc(C#N)cc3)ncn2)cc1OC. The van der Waals surface area contributed by atoms with Gasteiger partial charge in [0.1, 0.15) is 17.8 Å². The van der Waals surface area contributed by atoms with Gasteiger partial charge in [-0.05, 0) is 36.4 Å². The van der Waals surface area contributed by atoms with Crippen LogP contribution in [0.1, 0.15) is 16.1 Å². The van der Waals surface area contributed by atoms with Crippen molar-refractivity contribution < 1.29 is 14.3 Å². The van der Waals surface area contributed by atoms with Crippen LogP contribution in [-0.4, -0.2) is 30.1 Å². The minimum atomic E-state index is -0.391. The molecule has 0 fully saturated rings. The molecule has 0 atom stereocenters. The molecule has 3 rings (SSSR count). The molecule has 0 spiro atoms. The topological polar surface area (TPSA) is 109 Å². The quantitative estimate of drug-likeness (QED) is 0.680. The van der Waals surface area contributed by atoms with Crippen molar-refractivity contribution in [1.82, 2.24) is 9.97 Å². The molecule has 2 N–H and O–H groups in total. The molecule has 0 saturated carbocycles. The highest BCUT2D eigenvalue weighted by molar-refractivity contribution is 6.03. The van der Waals surface area contributed by atoms with Crippen LogP contribution in [0.2, 0.25) is 0 Å². The minimum absolute atomic E-state index is 0.195. The van der Waals surface area contributed by atoms with Crippen molar-refractivity contribution >= 4 is 23.1 Å². The number of amides is 1. The lowest BCUT2D eigenvalue weighted by atomic mass is 10.2. The van der Waals surface area contributed by atoms with Crippen molar-refractivity contribution in [3.8, 4) is 17.6 Å². The Morgan fingerprint density at radius 1 is 0.964 bits per heavy atom. The maximum absolute atomic E-state index is 12.5. The van der Waals surface area contributed by atoms with E-state index in [-0.39, 0.29) is 5.69 Å². The van der Waals surface area contributed by atoms with Gasteiger partial charge in [0.25, 0.3) is 5.91 Å². The second kappa shape index (κ2) is 8.51. The Balaban J connectivity index is 1.74. The van der Waals surface area contributed by atoms with Crippen LogP contribution in [-0.2, 0) is 0 Å². The summed E-state index contributed by atoms with van der Waals surface area (Å²) in [6.45, 7) is 0. The summed E-state index contributed by atoms with van der Waals surface area (Å²) in [5.74, 6) is 1.14. The molecule has 0 saturated heterocycles. The molecule has 8 heteroatoms. The third kappa shape index (κ3) is 4.34. The Morgan fingerprint density at radius 2 is 1.68 bits per heavy atom. The summed E-state index contributed by atoms with van der Waals surface area (Å²) in [6, 6.07) is 15.5. The zero-order valence-corrected chi connectivity index (χ0v) is 15.3. The van der Waals surface area contributed by atoms with Gasteiger partial charge in [-0.2, -0.15) is 5.26 Å². The highest BCUT2D eigenvalue weighted by atomic mass is 16.5. The van der Waals surface area contributed by atoms with Gasteiger partial charge < -0.3 is 20.1 Å². The first kappa shape index (κ1) is 18.7. The molecule has 140 valence electrons. The number of nitriles is 1. The summed E-state index contributed by atoms with van der Waals surface area (Å²) in [5.41, 5.74) is 2.04. The van der Waals surface area contributed by atoms with Gasteiger partial charge in [0.2, 0.25) is 0 Å². The summed E-state index contributed by atoms with van der Waals surface area (Å²) in [4.78, 5) is 20.7. The van der Waals surface area contributed by atoms with Crippen LogP contribution in [0.25, 0.3) is 0 Å². The largest absolute Gasteiger partial charge is 0.493 e. The van der Waals surface area contributed by atoms with Gasteiger partial charge in [0.15, 0.2) is 11.5 Å². The first-order valence-electron chi connectivity index (χ1n) is 8.25. The maximum atomic E-state index is 12.5. The Kier molecular flexibility index (Phi) is 5.67. The lowest BCUT2D eigenvalue weighted by Crippen LogP contribution is -2.14. The molecule has 0 unspecified atom stereocenters. The van der Waals surface area contributed by atoms with Crippen molar-refractivity contribution in [3.05, 3.63) is 66.1 Å². The molecule has 3 aromatic rings. The molecular weight excluding hydrogens is 358 g/mol. The fraction of sp³-hybridized carbons (Fsp3) is 0.100. The number of benzene rings is 2. The van der Waals surface area contributed by atoms with Crippen molar-refractivity contribution in [2.75, 3.05) is 24.9 Å². The molecule has 8 nitrogen and oxygen atoms in total. The molecule has 0 radical (unpaired) electrons. The number of nitrogens with one attached hydrogen (secondary N) is 2. The van der Waals surface area contributed by atoms with E-state index >= 15 is 0 Å². The number of nitrogens with zero attached hydrogens (tertiary/aromatic N) is 3. The van der Waals surface area contributed by atoms with Gasteiger partial charge >= 0.3 is 0 Å². The number of carbonyl (C=O) groups is 1. The lowest BCUT2D eigenvalue weighted by Gasteiger charge is -2.11. The predicted octanol–water partition coefficient (Wildman–Crippen LogP) is 3.36. The Bertz CT molecular complexity index is 1030. The molecule has 28 heavy (non-hydrogen) atoms. The summed E-state index contributed by atoms with van der Waals surface area (Å²) in [6.07, 6.45) is 1.30. The molecule has 1 amide bonds. The van der Waals surface area contributed by atoms with E-state index in [0.29, 0.717) is 28.6 Å². The zero-order valence-electron chi connectivity index (χ0n) is 15.3. The van der Waals surface area contributed by atoms with Crippen LogP contribution in [0.15, 0.2) is 54.9 Å². The third-order valence-corrected chi connectivity index (χ3v) is 3.83. The van der Waals surface area contributed by atoms with Gasteiger partial charge in [-0.25, -0.2) is 9.97 Å². The van der Waals surface area contributed by atoms with E-state index in [0.717, 1.165) is 5.69 Å². The summed E-state index contributed by atoms with van der Waals surface area (Å²) in [7, 11) is 3.06. The number of anilines is 3. The van der Waals surface area contributed by atoms with Gasteiger partial charge in [0.05, 0.1) is 25.9 Å². The van der Waals surface area contributed by atoms with Crippen LogP contribution in [0.5, 0.6) is 11.5 Å². The van der Waals surface area contributed by atoms with E-state index in [1.807, 2.05) is 0 Å². The van der Waals surface area contributed by atoms with Crippen molar-refractivity contribution in [2.45, 2.75) is 0 Å². The summed E-state index contributed by atoms with van der Waals surface area (Å²) < 4.78 is 10.4. The number of aromatic nitrogens is 2. The molecule has 2 aromatic carbocycles. The second-order valence-electron chi connectivity index (χ2n) is 5.63. The zero-order chi connectivity index (χ0) is 19.9. The predicted molar refractivity (Wildman–Crippen MR) is 104 cm³/mol. The average molecular weight is 375 g/mol. The summed E-state index contributed by atoms with van der Waals surface area (Å²) in [5, 5.41) is 14.7. The van der Waals surface area contributed by atoms with Crippen LogP contribution in [0.4, 0.5) is 17.2 Å². The molecular formula is C20H17N5O3. The van der Waals surface area contributed by atoms with E-state index in [1.165, 1.54) is 19.5 Å². The molecule has 1 heterocycles. The number of carbonyl (C=O) groups excluding carboxylic acids is 1. The van der Waals surface area contributed by atoms with E-state index in [4.69, 9.17) is 14.7 Å². The Labute approximate surface area is 161 Å². The first-order chi connectivity index (χ1) is 13.6. The standard InChI is InChI=1S/C20H17N5O3/c1-27-17-8-7-15(9-18(17)28-2)25-20(26)16-10-19(23-12-22-16)24-14-5-3-13(11-21)4-6-14/h3-10,12H,1-2H3,(H,25,26)(H,22,23,24). The molecule has 0 aliphatic carbocycles. The molecule has 1 aromatic heterocycles. The van der Waals surface area contributed by atoms with E-state index in [9.17, 15) is 4.79 Å². The Morgan fingerprint density at radius 3 is 2.36 bits per heavy atom. The monoisotopic (exact) mass is 375 g/mol. The highest BCUT2D eigenvalue weighted by Crippen LogP contribution is 2.29. The van der Waals surface area contributed by atoms with Crippen molar-refractivity contribution in [2.24, 2.45) is 0 Å². The fourth-order valence-corrected chi connectivity index (χ4v) is 2.43. The highest BCUT2D eigenvalue weighted by Gasteiger charge is 2.11. The lowest BCUT2D eigenvalue weighted by molar-refractivity contribution is 0.102. The summed E-state index contributed by atoms with van der Waals surface area (Å²) >= 11 is 0. The van der Waals surface area contributed by atoms with Crippen LogP contribution >= 0.6 is 0 Å². The second-order valence-corrected chi connectivity index (χ2v) is 5.63. The Hall–Kier alpha value is -4.12. The average Bonchev–Trinajstić information content (AvgIpc) is 2.74. The van der Waals surface area contributed by atoms with Crippen LogP contribution in [0, 0.1) is 11.3 Å². The van der Waals surface area contributed by atoms with Crippen molar-refractivity contribution in [1.29, 1.82) is 5.26 Å². The van der Waals surface area contributed by atoms with Gasteiger partial charge in [-0.15, -0.1) is 0 Å². The molecule has 0 aliphatic heterocycles. The normalized spacial score (nSPS) is 9.89. The number of methoxy groups -OCH3 is 2. The fourth-order valence-electron chi connectivity index (χ4n) is 2.43. The third-order valence-electron chi connectivity index (χ3n) is 3.83. The van der Waals surface area contributed by atoms with E-state index in [2.05, 4.69) is 26.7 Å². The van der Waals surface area contributed by atoms with E-state index in [1.54, 1.807) is 49.6 Å². The number of ether oxygens (including phenoxy) is 2. The van der Waals surface area contributed by atoms with Crippen LogP contribution in [0.3, 0.4) is 0 Å². The van der Waals surface area contributed by atoms with Crippen LogP contribution < -0.4 is 20.1 Å². The van der Waals surface area contributed by atoms with E-state index < -0.39 is 5.91 Å².